The van der Waals surface area contributed by atoms with E-state index < -0.39 is 0 Å². The highest BCUT2D eigenvalue weighted by atomic mass is 32.1. The van der Waals surface area contributed by atoms with E-state index in [0.717, 1.165) is 35.8 Å². The van der Waals surface area contributed by atoms with Gasteiger partial charge in [-0.1, -0.05) is 0 Å². The standard InChI is InChI=1S/C13H18N4OS/c1-18-7-6-17-8-15-16-13(17)11-9-4-2-3-5-10(9)19-12(11)14/h8H,2-7,14H2,1H3. The molecule has 0 unspecified atom stereocenters. The first-order chi connectivity index (χ1) is 9.31. The molecule has 19 heavy (non-hydrogen) atoms. The van der Waals surface area contributed by atoms with Crippen molar-refractivity contribution in [2.24, 2.45) is 0 Å². The molecule has 0 atom stereocenters. The third-order valence-corrected chi connectivity index (χ3v) is 4.69. The molecule has 0 amide bonds. The molecule has 2 aromatic heterocycles. The molecule has 0 bridgehead atoms. The third-order valence-electron chi connectivity index (χ3n) is 3.57. The maximum absolute atomic E-state index is 6.22. The molecule has 1 aliphatic carbocycles. The Labute approximate surface area is 116 Å². The Morgan fingerprint density at radius 1 is 1.42 bits per heavy atom. The Bertz CT molecular complexity index is 575. The molecule has 2 aromatic rings. The first-order valence-corrected chi connectivity index (χ1v) is 7.40. The van der Waals surface area contributed by atoms with Gasteiger partial charge in [0.1, 0.15) is 6.33 Å². The molecule has 102 valence electrons. The molecular weight excluding hydrogens is 260 g/mol. The zero-order valence-corrected chi connectivity index (χ0v) is 11.9. The first kappa shape index (κ1) is 12.6. The minimum Gasteiger partial charge on any atom is -0.390 e. The molecule has 6 heteroatoms. The third kappa shape index (κ3) is 2.26. The molecule has 0 aromatic carbocycles. The molecule has 0 saturated heterocycles. The van der Waals surface area contributed by atoms with E-state index in [9.17, 15) is 0 Å². The predicted octanol–water partition coefficient (Wildman–Crippen LogP) is 2.11. The van der Waals surface area contributed by atoms with Crippen molar-refractivity contribution in [3.8, 4) is 11.4 Å². The predicted molar refractivity (Wildman–Crippen MR) is 76.3 cm³/mol. The molecule has 5 nitrogen and oxygen atoms in total. The van der Waals surface area contributed by atoms with E-state index in [-0.39, 0.29) is 0 Å². The van der Waals surface area contributed by atoms with Crippen molar-refractivity contribution < 1.29 is 4.74 Å². The number of rotatable bonds is 4. The number of ether oxygens (including phenoxy) is 1. The van der Waals surface area contributed by atoms with Crippen LogP contribution >= 0.6 is 11.3 Å². The second kappa shape index (κ2) is 5.30. The molecule has 0 spiro atoms. The fraction of sp³-hybridized carbons (Fsp3) is 0.538. The Morgan fingerprint density at radius 2 is 2.26 bits per heavy atom. The lowest BCUT2D eigenvalue weighted by molar-refractivity contribution is 0.187. The summed E-state index contributed by atoms with van der Waals surface area (Å²) in [5, 5.41) is 9.17. The van der Waals surface area contributed by atoms with Crippen molar-refractivity contribution in [2.75, 3.05) is 19.5 Å². The molecule has 1 aliphatic rings. The first-order valence-electron chi connectivity index (χ1n) is 6.58. The van der Waals surface area contributed by atoms with Crippen LogP contribution in [0.4, 0.5) is 5.00 Å². The van der Waals surface area contributed by atoms with E-state index in [1.54, 1.807) is 24.8 Å². The van der Waals surface area contributed by atoms with Crippen LogP contribution in [0.1, 0.15) is 23.3 Å². The Balaban J connectivity index is 2.02. The lowest BCUT2D eigenvalue weighted by Crippen LogP contribution is -2.07. The van der Waals surface area contributed by atoms with Crippen LogP contribution in [0.5, 0.6) is 0 Å². The van der Waals surface area contributed by atoms with Gasteiger partial charge in [0, 0.05) is 18.5 Å². The number of thiophene rings is 1. The molecule has 0 aliphatic heterocycles. The summed E-state index contributed by atoms with van der Waals surface area (Å²) >= 11 is 1.71. The monoisotopic (exact) mass is 278 g/mol. The van der Waals surface area contributed by atoms with Crippen LogP contribution in [0, 0.1) is 0 Å². The Morgan fingerprint density at radius 3 is 3.11 bits per heavy atom. The van der Waals surface area contributed by atoms with Gasteiger partial charge in [-0.15, -0.1) is 21.5 Å². The van der Waals surface area contributed by atoms with Crippen LogP contribution in [0.25, 0.3) is 11.4 Å². The van der Waals surface area contributed by atoms with E-state index in [1.807, 2.05) is 4.57 Å². The second-order valence-electron chi connectivity index (χ2n) is 4.79. The summed E-state index contributed by atoms with van der Waals surface area (Å²) < 4.78 is 7.15. The lowest BCUT2D eigenvalue weighted by atomic mass is 9.95. The summed E-state index contributed by atoms with van der Waals surface area (Å²) in [5.74, 6) is 0.883. The average molecular weight is 278 g/mol. The zero-order chi connectivity index (χ0) is 13.2. The summed E-state index contributed by atoms with van der Waals surface area (Å²) in [5.41, 5.74) is 8.71. The number of nitrogen functional groups attached to an aromatic ring is 1. The summed E-state index contributed by atoms with van der Waals surface area (Å²) in [6.45, 7) is 1.40. The van der Waals surface area contributed by atoms with E-state index in [1.165, 1.54) is 23.3 Å². The summed E-state index contributed by atoms with van der Waals surface area (Å²) in [6.07, 6.45) is 6.51. The SMILES string of the molecule is COCCn1cnnc1-c1c(N)sc2c1CCCC2. The topological polar surface area (TPSA) is 66.0 Å². The van der Waals surface area contributed by atoms with Crippen molar-refractivity contribution in [1.82, 2.24) is 14.8 Å². The van der Waals surface area contributed by atoms with Gasteiger partial charge in [-0.3, -0.25) is 0 Å². The molecule has 0 radical (unpaired) electrons. The number of aromatic nitrogens is 3. The number of anilines is 1. The van der Waals surface area contributed by atoms with Crippen molar-refractivity contribution in [2.45, 2.75) is 32.2 Å². The highest BCUT2D eigenvalue weighted by Gasteiger charge is 2.23. The number of aryl methyl sites for hydroxylation is 1. The maximum Gasteiger partial charge on any atom is 0.167 e. The number of fused-ring (bicyclic) bond motifs is 1. The molecule has 2 N–H and O–H groups in total. The minimum absolute atomic E-state index is 0.650. The number of hydrogen-bond acceptors (Lipinski definition) is 5. The molecule has 0 saturated carbocycles. The van der Waals surface area contributed by atoms with Crippen LogP contribution < -0.4 is 5.73 Å². The van der Waals surface area contributed by atoms with Crippen LogP contribution in [-0.4, -0.2) is 28.5 Å². The van der Waals surface area contributed by atoms with Crippen LogP contribution in [0.15, 0.2) is 6.33 Å². The van der Waals surface area contributed by atoms with Crippen LogP contribution in [0.3, 0.4) is 0 Å². The summed E-state index contributed by atoms with van der Waals surface area (Å²) in [4.78, 5) is 1.43. The van der Waals surface area contributed by atoms with Gasteiger partial charge < -0.3 is 15.0 Å². The van der Waals surface area contributed by atoms with E-state index in [2.05, 4.69) is 10.2 Å². The number of methoxy groups -OCH3 is 1. The normalized spacial score (nSPS) is 14.6. The van der Waals surface area contributed by atoms with Crippen molar-refractivity contribution in [3.63, 3.8) is 0 Å². The van der Waals surface area contributed by atoms with Crippen LogP contribution in [0.2, 0.25) is 0 Å². The largest absolute Gasteiger partial charge is 0.390 e. The Kier molecular flexibility index (Phi) is 3.52. The number of hydrogen-bond donors (Lipinski definition) is 1. The summed E-state index contributed by atoms with van der Waals surface area (Å²) in [6, 6.07) is 0. The number of nitrogens with zero attached hydrogens (tertiary/aromatic N) is 3. The molecule has 3 rings (SSSR count). The van der Waals surface area contributed by atoms with E-state index in [4.69, 9.17) is 10.5 Å². The van der Waals surface area contributed by atoms with Gasteiger partial charge in [0.05, 0.1) is 17.2 Å². The average Bonchev–Trinajstić information content (AvgIpc) is 2.98. The quantitative estimate of drug-likeness (QED) is 0.930. The Hall–Kier alpha value is -1.40. The lowest BCUT2D eigenvalue weighted by Gasteiger charge is -2.13. The second-order valence-corrected chi connectivity index (χ2v) is 5.93. The van der Waals surface area contributed by atoms with Gasteiger partial charge >= 0.3 is 0 Å². The van der Waals surface area contributed by atoms with Crippen molar-refractivity contribution in [3.05, 3.63) is 16.8 Å². The van der Waals surface area contributed by atoms with Gasteiger partial charge in [-0.2, -0.15) is 0 Å². The molecule has 2 heterocycles. The van der Waals surface area contributed by atoms with Gasteiger partial charge in [0.2, 0.25) is 0 Å². The highest BCUT2D eigenvalue weighted by Crippen LogP contribution is 2.41. The van der Waals surface area contributed by atoms with E-state index >= 15 is 0 Å². The highest BCUT2D eigenvalue weighted by molar-refractivity contribution is 7.16. The number of nitrogens with two attached hydrogens (primary N) is 1. The minimum atomic E-state index is 0.650. The van der Waals surface area contributed by atoms with Gasteiger partial charge in [0.25, 0.3) is 0 Å². The fourth-order valence-corrected chi connectivity index (χ4v) is 3.79. The van der Waals surface area contributed by atoms with Gasteiger partial charge in [0.15, 0.2) is 5.82 Å². The van der Waals surface area contributed by atoms with Gasteiger partial charge in [-0.25, -0.2) is 0 Å². The van der Waals surface area contributed by atoms with Crippen molar-refractivity contribution >= 4 is 16.3 Å². The molecule has 0 fully saturated rings. The van der Waals surface area contributed by atoms with Gasteiger partial charge in [-0.05, 0) is 31.2 Å². The zero-order valence-electron chi connectivity index (χ0n) is 11.1. The van der Waals surface area contributed by atoms with Crippen molar-refractivity contribution in [1.29, 1.82) is 0 Å². The fourth-order valence-electron chi connectivity index (χ4n) is 2.63. The summed E-state index contributed by atoms with van der Waals surface area (Å²) in [7, 11) is 1.70. The van der Waals surface area contributed by atoms with E-state index in [0.29, 0.717) is 6.61 Å². The maximum atomic E-state index is 6.22. The molecular formula is C13H18N4OS. The van der Waals surface area contributed by atoms with Crippen LogP contribution in [-0.2, 0) is 24.1 Å². The smallest absolute Gasteiger partial charge is 0.167 e.